The van der Waals surface area contributed by atoms with Gasteiger partial charge in [-0.05, 0) is 24.1 Å². The summed E-state index contributed by atoms with van der Waals surface area (Å²) in [5.74, 6) is 1.71. The SMILES string of the molecule is CC(C)[C@@H]1CN(C(=O)c2ccc3nccnc3c2)CCS1. The molecule has 1 fully saturated rings. The molecule has 1 amide bonds. The average Bonchev–Trinajstić information content (AvgIpc) is 2.53. The standard InChI is InChI=1S/C16H19N3OS/c1-11(2)15-10-19(7-8-21-15)16(20)12-3-4-13-14(9-12)18-6-5-17-13/h3-6,9,11,15H,7-8,10H2,1-2H3/t15-/m0/s1. The van der Waals surface area contributed by atoms with Crippen LogP contribution in [0.5, 0.6) is 0 Å². The fourth-order valence-corrected chi connectivity index (χ4v) is 3.84. The van der Waals surface area contributed by atoms with Crippen molar-refractivity contribution in [2.75, 3.05) is 18.8 Å². The molecule has 0 aliphatic carbocycles. The van der Waals surface area contributed by atoms with E-state index in [0.717, 1.165) is 29.9 Å². The molecule has 0 spiro atoms. The van der Waals surface area contributed by atoms with E-state index in [4.69, 9.17) is 0 Å². The predicted octanol–water partition coefficient (Wildman–Crippen LogP) is 2.84. The zero-order chi connectivity index (χ0) is 14.8. The summed E-state index contributed by atoms with van der Waals surface area (Å²) < 4.78 is 0. The Hall–Kier alpha value is -1.62. The largest absolute Gasteiger partial charge is 0.337 e. The number of nitrogens with zero attached hydrogens (tertiary/aromatic N) is 3. The molecule has 0 unspecified atom stereocenters. The molecule has 1 aromatic carbocycles. The monoisotopic (exact) mass is 301 g/mol. The molecular formula is C16H19N3OS. The molecule has 1 aliphatic rings. The zero-order valence-corrected chi connectivity index (χ0v) is 13.1. The molecule has 21 heavy (non-hydrogen) atoms. The van der Waals surface area contributed by atoms with E-state index in [1.54, 1.807) is 12.4 Å². The second-order valence-electron chi connectivity index (χ2n) is 5.66. The summed E-state index contributed by atoms with van der Waals surface area (Å²) in [5.41, 5.74) is 2.30. The van der Waals surface area contributed by atoms with Crippen LogP contribution in [-0.4, -0.2) is 44.9 Å². The first-order valence-electron chi connectivity index (χ1n) is 7.27. The Bertz CT molecular complexity index is 659. The van der Waals surface area contributed by atoms with Gasteiger partial charge < -0.3 is 4.90 Å². The molecule has 5 heteroatoms. The van der Waals surface area contributed by atoms with Gasteiger partial charge >= 0.3 is 0 Å². The van der Waals surface area contributed by atoms with Gasteiger partial charge in [-0.1, -0.05) is 13.8 Å². The number of benzene rings is 1. The highest BCUT2D eigenvalue weighted by molar-refractivity contribution is 8.00. The van der Waals surface area contributed by atoms with Gasteiger partial charge in [0.05, 0.1) is 11.0 Å². The van der Waals surface area contributed by atoms with Crippen molar-refractivity contribution in [2.24, 2.45) is 5.92 Å². The maximum Gasteiger partial charge on any atom is 0.253 e. The van der Waals surface area contributed by atoms with E-state index in [9.17, 15) is 4.79 Å². The van der Waals surface area contributed by atoms with E-state index in [1.165, 1.54) is 0 Å². The number of aromatic nitrogens is 2. The minimum Gasteiger partial charge on any atom is -0.337 e. The quantitative estimate of drug-likeness (QED) is 0.855. The van der Waals surface area contributed by atoms with E-state index in [-0.39, 0.29) is 5.91 Å². The molecule has 1 saturated heterocycles. The first-order chi connectivity index (χ1) is 10.1. The summed E-state index contributed by atoms with van der Waals surface area (Å²) in [7, 11) is 0. The van der Waals surface area contributed by atoms with Crippen LogP contribution in [0.25, 0.3) is 11.0 Å². The Balaban J connectivity index is 1.82. The lowest BCUT2D eigenvalue weighted by molar-refractivity contribution is 0.0756. The summed E-state index contributed by atoms with van der Waals surface area (Å²) in [6.45, 7) is 6.10. The van der Waals surface area contributed by atoms with Crippen LogP contribution < -0.4 is 0 Å². The fourth-order valence-electron chi connectivity index (χ4n) is 2.54. The number of rotatable bonds is 2. The zero-order valence-electron chi connectivity index (χ0n) is 12.3. The molecule has 2 heterocycles. The number of hydrogen-bond acceptors (Lipinski definition) is 4. The number of carbonyl (C=O) groups excluding carboxylic acids is 1. The summed E-state index contributed by atoms with van der Waals surface area (Å²) >= 11 is 1.97. The van der Waals surface area contributed by atoms with Crippen LogP contribution in [0.1, 0.15) is 24.2 Å². The van der Waals surface area contributed by atoms with Crippen molar-refractivity contribution in [3.05, 3.63) is 36.2 Å². The molecule has 1 atom stereocenters. The van der Waals surface area contributed by atoms with Crippen LogP contribution in [0.2, 0.25) is 0 Å². The van der Waals surface area contributed by atoms with Gasteiger partial charge in [0, 0.05) is 42.0 Å². The molecule has 0 bridgehead atoms. The number of fused-ring (bicyclic) bond motifs is 1. The molecule has 2 aromatic rings. The first kappa shape index (κ1) is 14.3. The van der Waals surface area contributed by atoms with Gasteiger partial charge in [-0.25, -0.2) is 0 Å². The van der Waals surface area contributed by atoms with Crippen molar-refractivity contribution in [3.8, 4) is 0 Å². The van der Waals surface area contributed by atoms with E-state index >= 15 is 0 Å². The van der Waals surface area contributed by atoms with E-state index in [1.807, 2.05) is 34.9 Å². The third kappa shape index (κ3) is 3.02. The maximum absolute atomic E-state index is 12.7. The lowest BCUT2D eigenvalue weighted by atomic mass is 10.1. The molecule has 1 aromatic heterocycles. The Morgan fingerprint density at radius 3 is 2.81 bits per heavy atom. The van der Waals surface area contributed by atoms with Crippen molar-refractivity contribution >= 4 is 28.7 Å². The molecule has 3 rings (SSSR count). The normalized spacial score (nSPS) is 19.2. The first-order valence-corrected chi connectivity index (χ1v) is 8.31. The molecule has 4 nitrogen and oxygen atoms in total. The van der Waals surface area contributed by atoms with Crippen LogP contribution >= 0.6 is 11.8 Å². The summed E-state index contributed by atoms with van der Waals surface area (Å²) in [6.07, 6.45) is 3.32. The van der Waals surface area contributed by atoms with Gasteiger partial charge in [0.25, 0.3) is 5.91 Å². The number of hydrogen-bond donors (Lipinski definition) is 0. The Morgan fingerprint density at radius 2 is 2.05 bits per heavy atom. The maximum atomic E-state index is 12.7. The Labute approximate surface area is 129 Å². The van der Waals surface area contributed by atoms with Crippen molar-refractivity contribution in [1.82, 2.24) is 14.9 Å². The van der Waals surface area contributed by atoms with Crippen LogP contribution in [-0.2, 0) is 0 Å². The Morgan fingerprint density at radius 1 is 1.29 bits per heavy atom. The molecule has 110 valence electrons. The summed E-state index contributed by atoms with van der Waals surface area (Å²) in [5, 5.41) is 0.531. The topological polar surface area (TPSA) is 46.1 Å². The summed E-state index contributed by atoms with van der Waals surface area (Å²) in [6, 6.07) is 5.57. The van der Waals surface area contributed by atoms with Crippen LogP contribution in [0.15, 0.2) is 30.6 Å². The third-order valence-corrected chi connectivity index (χ3v) is 5.38. The van der Waals surface area contributed by atoms with Crippen molar-refractivity contribution in [1.29, 1.82) is 0 Å². The predicted molar refractivity (Wildman–Crippen MR) is 86.5 cm³/mol. The highest BCUT2D eigenvalue weighted by atomic mass is 32.2. The van der Waals surface area contributed by atoms with Crippen molar-refractivity contribution in [3.63, 3.8) is 0 Å². The fraction of sp³-hybridized carbons (Fsp3) is 0.438. The van der Waals surface area contributed by atoms with Gasteiger partial charge in [-0.2, -0.15) is 11.8 Å². The van der Waals surface area contributed by atoms with E-state index < -0.39 is 0 Å². The van der Waals surface area contributed by atoms with Crippen LogP contribution in [0.3, 0.4) is 0 Å². The minimum atomic E-state index is 0.105. The van der Waals surface area contributed by atoms with Crippen LogP contribution in [0, 0.1) is 5.92 Å². The average molecular weight is 301 g/mol. The molecule has 0 radical (unpaired) electrons. The molecule has 0 N–H and O–H groups in total. The lowest BCUT2D eigenvalue weighted by Gasteiger charge is -2.34. The summed E-state index contributed by atoms with van der Waals surface area (Å²) in [4.78, 5) is 23.2. The van der Waals surface area contributed by atoms with Crippen molar-refractivity contribution in [2.45, 2.75) is 19.1 Å². The lowest BCUT2D eigenvalue weighted by Crippen LogP contribution is -2.43. The Kier molecular flexibility index (Phi) is 4.10. The van der Waals surface area contributed by atoms with Gasteiger partial charge in [0.2, 0.25) is 0 Å². The van der Waals surface area contributed by atoms with Gasteiger partial charge in [0.15, 0.2) is 0 Å². The second kappa shape index (κ2) is 6.02. The van der Waals surface area contributed by atoms with Crippen molar-refractivity contribution < 1.29 is 4.79 Å². The number of thioether (sulfide) groups is 1. The third-order valence-electron chi connectivity index (χ3n) is 3.84. The van der Waals surface area contributed by atoms with E-state index in [2.05, 4.69) is 23.8 Å². The highest BCUT2D eigenvalue weighted by Gasteiger charge is 2.26. The molecule has 0 saturated carbocycles. The minimum absolute atomic E-state index is 0.105. The van der Waals surface area contributed by atoms with E-state index in [0.29, 0.717) is 16.7 Å². The van der Waals surface area contributed by atoms with Gasteiger partial charge in [-0.15, -0.1) is 0 Å². The van der Waals surface area contributed by atoms with Gasteiger partial charge in [-0.3, -0.25) is 14.8 Å². The van der Waals surface area contributed by atoms with Crippen LogP contribution in [0.4, 0.5) is 0 Å². The molecule has 1 aliphatic heterocycles. The second-order valence-corrected chi connectivity index (χ2v) is 7.01. The highest BCUT2D eigenvalue weighted by Crippen LogP contribution is 2.26. The number of amides is 1. The smallest absolute Gasteiger partial charge is 0.253 e. The van der Waals surface area contributed by atoms with Gasteiger partial charge in [0.1, 0.15) is 0 Å². The molecular weight excluding hydrogens is 282 g/mol. The number of carbonyl (C=O) groups is 1.